The van der Waals surface area contributed by atoms with Crippen molar-refractivity contribution in [3.63, 3.8) is 0 Å². The van der Waals surface area contributed by atoms with E-state index >= 15 is 0 Å². The Morgan fingerprint density at radius 1 is 1.10 bits per heavy atom. The first-order chi connectivity index (χ1) is 8.95. The number of carbonyl (C=O) groups excluding carboxylic acids is 1. The van der Waals surface area contributed by atoms with Crippen LogP contribution in [0.4, 0.5) is 25.1 Å². The first-order valence-corrected chi connectivity index (χ1v) is 6.94. The van der Waals surface area contributed by atoms with Gasteiger partial charge in [0.1, 0.15) is 11.2 Å². The molecule has 10 heteroatoms. The third kappa shape index (κ3) is 3.26. The average Bonchev–Trinajstić information content (AvgIpc) is 2.79. The third-order valence-electron chi connectivity index (χ3n) is 2.22. The van der Waals surface area contributed by atoms with E-state index < -0.39 is 21.0 Å². The van der Waals surface area contributed by atoms with Gasteiger partial charge in [0, 0.05) is 5.69 Å². The molecule has 0 fully saturated rings. The molecule has 1 heterocycles. The van der Waals surface area contributed by atoms with Crippen LogP contribution in [0, 0.1) is 0 Å². The van der Waals surface area contributed by atoms with Gasteiger partial charge in [0.05, 0.1) is 0 Å². The Labute approximate surface area is 109 Å². The summed E-state index contributed by atoms with van der Waals surface area (Å²) in [6, 6.07) is 1.87. The molecule has 2 aromatic rings. The molecular weight excluding hydrogens is 307 g/mol. The van der Waals surface area contributed by atoms with Crippen LogP contribution in [-0.4, -0.2) is 10.9 Å². The van der Waals surface area contributed by atoms with Crippen molar-refractivity contribution in [1.82, 2.24) is 4.98 Å². The Morgan fingerprint density at radius 3 is 2.15 bits per heavy atom. The van der Waals surface area contributed by atoms with Gasteiger partial charge in [-0.1, -0.05) is 19.4 Å². The van der Waals surface area contributed by atoms with Crippen molar-refractivity contribution < 1.29 is 28.6 Å². The molecule has 2 rings (SSSR count). The molecule has 0 spiro atoms. The average molecular weight is 314 g/mol. The highest BCUT2D eigenvalue weighted by atomic mass is 32.5. The van der Waals surface area contributed by atoms with Gasteiger partial charge in [-0.05, 0) is 24.3 Å². The first kappa shape index (κ1) is 14.3. The lowest BCUT2D eigenvalue weighted by molar-refractivity contribution is 0.102. The van der Waals surface area contributed by atoms with E-state index in [0.717, 1.165) is 24.8 Å². The predicted octanol–water partition coefficient (Wildman–Crippen LogP) is 4.58. The maximum atomic E-state index is 12.5. The standard InChI is InChI=1S/C10H7F5N2O2S/c11-20(12,13,14,15)8-3-1-7(2-4-8)17-10(18)9-5-19-6-16-9/h1-6H,(H,17,18). The summed E-state index contributed by atoms with van der Waals surface area (Å²) < 4.78 is 66.8. The van der Waals surface area contributed by atoms with Crippen molar-refractivity contribution in [3.05, 3.63) is 42.6 Å². The highest BCUT2D eigenvalue weighted by Gasteiger charge is 2.65. The van der Waals surface area contributed by atoms with Gasteiger partial charge >= 0.3 is 10.2 Å². The number of hydrogen-bond donors (Lipinski definition) is 1. The van der Waals surface area contributed by atoms with Gasteiger partial charge in [-0.15, -0.1) is 0 Å². The zero-order chi connectivity index (χ0) is 15.1. The number of oxazole rings is 1. The molecule has 1 aromatic heterocycles. The molecule has 1 N–H and O–H groups in total. The van der Waals surface area contributed by atoms with E-state index in [1.165, 1.54) is 0 Å². The van der Waals surface area contributed by atoms with E-state index in [4.69, 9.17) is 0 Å². The summed E-state index contributed by atoms with van der Waals surface area (Å²) in [4.78, 5) is 13.0. The lowest BCUT2D eigenvalue weighted by atomic mass is 10.3. The highest BCUT2D eigenvalue weighted by molar-refractivity contribution is 8.45. The summed E-state index contributed by atoms with van der Waals surface area (Å²) in [6.45, 7) is 0. The van der Waals surface area contributed by atoms with E-state index in [0.29, 0.717) is 0 Å². The molecule has 0 unspecified atom stereocenters. The Morgan fingerprint density at radius 2 is 1.70 bits per heavy atom. The van der Waals surface area contributed by atoms with Crippen LogP contribution in [0.2, 0.25) is 0 Å². The maximum Gasteiger partial charge on any atom is 0.310 e. The molecule has 0 aliphatic carbocycles. The summed E-state index contributed by atoms with van der Waals surface area (Å²) in [5.74, 6) is -0.737. The van der Waals surface area contributed by atoms with Crippen molar-refractivity contribution >= 4 is 21.8 Å². The van der Waals surface area contributed by atoms with Crippen molar-refractivity contribution in [1.29, 1.82) is 0 Å². The van der Waals surface area contributed by atoms with Crippen LogP contribution in [0.3, 0.4) is 0 Å². The minimum Gasteiger partial charge on any atom is -0.451 e. The van der Waals surface area contributed by atoms with Gasteiger partial charge in [-0.3, -0.25) is 4.79 Å². The minimum atomic E-state index is -9.69. The van der Waals surface area contributed by atoms with E-state index in [1.54, 1.807) is 0 Å². The van der Waals surface area contributed by atoms with E-state index in [9.17, 15) is 24.2 Å². The Balaban J connectivity index is 2.20. The molecule has 0 saturated carbocycles. The van der Waals surface area contributed by atoms with Crippen LogP contribution in [0.25, 0.3) is 0 Å². The smallest absolute Gasteiger partial charge is 0.310 e. The van der Waals surface area contributed by atoms with E-state index in [-0.39, 0.29) is 23.5 Å². The lowest BCUT2D eigenvalue weighted by Gasteiger charge is -2.40. The molecule has 0 bridgehead atoms. The summed E-state index contributed by atoms with van der Waals surface area (Å²) in [7, 11) is -9.69. The highest BCUT2D eigenvalue weighted by Crippen LogP contribution is 3.02. The molecule has 0 aliphatic heterocycles. The zero-order valence-electron chi connectivity index (χ0n) is 9.53. The molecule has 1 aromatic carbocycles. The molecule has 110 valence electrons. The molecule has 1 amide bonds. The number of hydrogen-bond acceptors (Lipinski definition) is 3. The number of nitrogens with one attached hydrogen (secondary N) is 1. The van der Waals surface area contributed by atoms with Crippen LogP contribution in [-0.2, 0) is 0 Å². The number of amides is 1. The Kier molecular flexibility index (Phi) is 2.66. The largest absolute Gasteiger partial charge is 0.451 e. The summed E-state index contributed by atoms with van der Waals surface area (Å²) >= 11 is 0. The lowest BCUT2D eigenvalue weighted by Crippen LogP contribution is -2.12. The molecule has 0 aliphatic rings. The number of nitrogens with zero attached hydrogens (tertiary/aromatic N) is 1. The fourth-order valence-electron chi connectivity index (χ4n) is 1.32. The quantitative estimate of drug-likeness (QED) is 0.843. The predicted molar refractivity (Wildman–Crippen MR) is 62.3 cm³/mol. The van der Waals surface area contributed by atoms with Gasteiger partial charge in [0.15, 0.2) is 12.1 Å². The molecule has 20 heavy (non-hydrogen) atoms. The van der Waals surface area contributed by atoms with Crippen LogP contribution in [0.5, 0.6) is 0 Å². The number of aromatic nitrogens is 1. The van der Waals surface area contributed by atoms with Crippen molar-refractivity contribution in [2.24, 2.45) is 0 Å². The normalized spacial score (nSPS) is 15.2. The van der Waals surface area contributed by atoms with Crippen molar-refractivity contribution in [2.75, 3.05) is 5.32 Å². The second-order valence-corrected chi connectivity index (χ2v) is 6.23. The topological polar surface area (TPSA) is 55.1 Å². The van der Waals surface area contributed by atoms with Gasteiger partial charge in [0.25, 0.3) is 5.91 Å². The zero-order valence-corrected chi connectivity index (χ0v) is 10.3. The number of carbonyl (C=O) groups is 1. The molecule has 0 radical (unpaired) electrons. The monoisotopic (exact) mass is 314 g/mol. The number of halogens is 5. The molecular formula is C10H7F5N2O2S. The Hall–Kier alpha value is -2.10. The summed E-state index contributed by atoms with van der Waals surface area (Å²) in [6.07, 6.45) is 2.02. The first-order valence-electron chi connectivity index (χ1n) is 4.99. The van der Waals surface area contributed by atoms with Gasteiger partial charge < -0.3 is 9.73 Å². The van der Waals surface area contributed by atoms with Crippen molar-refractivity contribution in [3.8, 4) is 0 Å². The fourth-order valence-corrected chi connectivity index (χ4v) is 1.97. The van der Waals surface area contributed by atoms with Gasteiger partial charge in [-0.2, -0.15) is 0 Å². The number of benzene rings is 1. The van der Waals surface area contributed by atoms with Gasteiger partial charge in [-0.25, -0.2) is 4.98 Å². The molecule has 0 atom stereocenters. The Bertz CT molecular complexity index is 637. The summed E-state index contributed by atoms with van der Waals surface area (Å²) in [5, 5.41) is 2.19. The van der Waals surface area contributed by atoms with Gasteiger partial charge in [0.2, 0.25) is 0 Å². The molecule has 0 saturated heterocycles. The van der Waals surface area contributed by atoms with Crippen LogP contribution in [0.1, 0.15) is 10.5 Å². The SMILES string of the molecule is O=C(Nc1ccc(S(F)(F)(F)(F)F)cc1)c1cocn1. The molecule has 4 nitrogen and oxygen atoms in total. The fraction of sp³-hybridized carbons (Fsp3) is 0. The second-order valence-electron chi connectivity index (χ2n) is 3.82. The summed E-state index contributed by atoms with van der Waals surface area (Å²) in [5.41, 5.74) is -0.176. The third-order valence-corrected chi connectivity index (χ3v) is 3.39. The van der Waals surface area contributed by atoms with E-state index in [1.807, 2.05) is 0 Å². The van der Waals surface area contributed by atoms with Crippen LogP contribution < -0.4 is 5.32 Å². The van der Waals surface area contributed by atoms with E-state index in [2.05, 4.69) is 14.7 Å². The number of rotatable bonds is 3. The van der Waals surface area contributed by atoms with Crippen LogP contribution >= 0.6 is 10.2 Å². The second kappa shape index (κ2) is 3.72. The maximum absolute atomic E-state index is 12.5. The number of anilines is 1. The van der Waals surface area contributed by atoms with Crippen molar-refractivity contribution in [2.45, 2.75) is 4.90 Å². The minimum absolute atomic E-state index is 0.0800. The van der Waals surface area contributed by atoms with Crippen LogP contribution in [0.15, 0.2) is 46.2 Å².